The minimum atomic E-state index is -0.652. The Morgan fingerprint density at radius 3 is 2.50 bits per heavy atom. The maximum atomic E-state index is 9.98. The van der Waals surface area contributed by atoms with Crippen LogP contribution in [0.2, 0.25) is 0 Å². The minimum Gasteiger partial charge on any atom is -0.389 e. The Hall–Kier alpha value is -0.940. The molecule has 0 bridgehead atoms. The fraction of sp³-hybridized carbons (Fsp3) is 0.625. The largest absolute Gasteiger partial charge is 0.389 e. The van der Waals surface area contributed by atoms with Crippen molar-refractivity contribution in [1.29, 1.82) is 0 Å². The van der Waals surface area contributed by atoms with Crippen LogP contribution >= 0.6 is 0 Å². The second kappa shape index (κ2) is 8.37. The van der Waals surface area contributed by atoms with E-state index in [1.807, 2.05) is 44.2 Å². The van der Waals surface area contributed by atoms with Gasteiger partial charge in [0.2, 0.25) is 0 Å². The first-order valence-electron chi connectivity index (χ1n) is 7.05. The van der Waals surface area contributed by atoms with Crippen molar-refractivity contribution in [3.05, 3.63) is 35.9 Å². The molecule has 114 valence electrons. The first-order valence-corrected chi connectivity index (χ1v) is 7.05. The SMILES string of the molecule is COC(C)(C)CCOCC(O)C(N)Cc1ccccc1. The molecule has 1 aromatic rings. The molecule has 0 amide bonds. The standard InChI is InChI=1S/C16H27NO3/c1-16(2,19-3)9-10-20-12-15(18)14(17)11-13-7-5-4-6-8-13/h4-8,14-15,18H,9-12,17H2,1-3H3. The monoisotopic (exact) mass is 281 g/mol. The highest BCUT2D eigenvalue weighted by molar-refractivity contribution is 5.16. The molecule has 0 aliphatic carbocycles. The summed E-state index contributed by atoms with van der Waals surface area (Å²) >= 11 is 0. The van der Waals surface area contributed by atoms with Crippen LogP contribution in [0.5, 0.6) is 0 Å². The minimum absolute atomic E-state index is 0.197. The molecule has 0 aromatic heterocycles. The summed E-state index contributed by atoms with van der Waals surface area (Å²) in [5.41, 5.74) is 6.92. The normalized spacial score (nSPS) is 15.1. The van der Waals surface area contributed by atoms with Gasteiger partial charge in [-0.2, -0.15) is 0 Å². The van der Waals surface area contributed by atoms with Crippen LogP contribution in [0, 0.1) is 0 Å². The molecule has 4 heteroatoms. The average Bonchev–Trinajstić information content (AvgIpc) is 2.44. The van der Waals surface area contributed by atoms with Crippen LogP contribution in [0.15, 0.2) is 30.3 Å². The van der Waals surface area contributed by atoms with Gasteiger partial charge >= 0.3 is 0 Å². The summed E-state index contributed by atoms with van der Waals surface area (Å²) in [6.45, 7) is 4.83. The summed E-state index contributed by atoms with van der Waals surface area (Å²) in [7, 11) is 1.69. The Labute approximate surface area is 121 Å². The zero-order valence-electron chi connectivity index (χ0n) is 12.7. The van der Waals surface area contributed by atoms with Gasteiger partial charge in [0.1, 0.15) is 0 Å². The van der Waals surface area contributed by atoms with Gasteiger partial charge in [-0.1, -0.05) is 30.3 Å². The van der Waals surface area contributed by atoms with Crippen LogP contribution in [-0.4, -0.2) is 43.2 Å². The van der Waals surface area contributed by atoms with Gasteiger partial charge in [0.25, 0.3) is 0 Å². The molecule has 2 atom stereocenters. The van der Waals surface area contributed by atoms with Gasteiger partial charge in [-0.25, -0.2) is 0 Å². The van der Waals surface area contributed by atoms with Crippen LogP contribution in [0.1, 0.15) is 25.8 Å². The lowest BCUT2D eigenvalue weighted by Crippen LogP contribution is -2.40. The van der Waals surface area contributed by atoms with Gasteiger partial charge in [0.15, 0.2) is 0 Å². The molecule has 4 nitrogen and oxygen atoms in total. The fourth-order valence-corrected chi connectivity index (χ4v) is 1.77. The Morgan fingerprint density at radius 2 is 1.90 bits per heavy atom. The molecule has 3 N–H and O–H groups in total. The van der Waals surface area contributed by atoms with E-state index in [4.69, 9.17) is 15.2 Å². The van der Waals surface area contributed by atoms with Crippen molar-refractivity contribution in [2.45, 2.75) is 44.4 Å². The molecule has 1 rings (SSSR count). The number of ether oxygens (including phenoxy) is 2. The van der Waals surface area contributed by atoms with Gasteiger partial charge in [0, 0.05) is 19.8 Å². The van der Waals surface area contributed by atoms with E-state index in [0.717, 1.165) is 12.0 Å². The van der Waals surface area contributed by atoms with E-state index in [1.165, 1.54) is 0 Å². The predicted octanol–water partition coefficient (Wildman–Crippen LogP) is 1.75. The molecular formula is C16H27NO3. The lowest BCUT2D eigenvalue weighted by atomic mass is 10.0. The maximum Gasteiger partial charge on any atom is 0.0927 e. The number of benzene rings is 1. The second-order valence-electron chi connectivity index (χ2n) is 5.71. The van der Waals surface area contributed by atoms with Crippen molar-refractivity contribution >= 4 is 0 Å². The predicted molar refractivity (Wildman–Crippen MR) is 80.7 cm³/mol. The number of methoxy groups -OCH3 is 1. The molecule has 20 heavy (non-hydrogen) atoms. The molecule has 0 saturated heterocycles. The van der Waals surface area contributed by atoms with E-state index in [1.54, 1.807) is 7.11 Å². The molecule has 0 fully saturated rings. The van der Waals surface area contributed by atoms with Crippen LogP contribution in [-0.2, 0) is 15.9 Å². The van der Waals surface area contributed by atoms with Gasteiger partial charge < -0.3 is 20.3 Å². The molecule has 0 heterocycles. The number of aliphatic hydroxyl groups excluding tert-OH is 1. The summed E-state index contributed by atoms with van der Waals surface area (Å²) in [6.07, 6.45) is 0.778. The van der Waals surface area contributed by atoms with Crippen LogP contribution < -0.4 is 5.73 Å². The number of rotatable bonds is 9. The van der Waals surface area contributed by atoms with E-state index in [2.05, 4.69) is 0 Å². The maximum absolute atomic E-state index is 9.98. The molecule has 2 unspecified atom stereocenters. The van der Waals surface area contributed by atoms with Crippen LogP contribution in [0.4, 0.5) is 0 Å². The molecule has 0 radical (unpaired) electrons. The van der Waals surface area contributed by atoms with Crippen LogP contribution in [0.3, 0.4) is 0 Å². The van der Waals surface area contributed by atoms with E-state index >= 15 is 0 Å². The lowest BCUT2D eigenvalue weighted by Gasteiger charge is -2.23. The van der Waals surface area contributed by atoms with Crippen molar-refractivity contribution in [3.8, 4) is 0 Å². The van der Waals surface area contributed by atoms with Crippen molar-refractivity contribution < 1.29 is 14.6 Å². The molecule has 0 saturated carbocycles. The molecular weight excluding hydrogens is 254 g/mol. The van der Waals surface area contributed by atoms with E-state index in [0.29, 0.717) is 13.0 Å². The van der Waals surface area contributed by atoms with Crippen molar-refractivity contribution in [2.24, 2.45) is 5.73 Å². The Kier molecular flexibility index (Phi) is 7.16. The van der Waals surface area contributed by atoms with Crippen molar-refractivity contribution in [1.82, 2.24) is 0 Å². The average molecular weight is 281 g/mol. The molecule has 1 aromatic carbocycles. The third-order valence-corrected chi connectivity index (χ3v) is 3.50. The van der Waals surface area contributed by atoms with E-state index < -0.39 is 6.10 Å². The molecule has 0 aliphatic rings. The van der Waals surface area contributed by atoms with Gasteiger partial charge in [-0.05, 0) is 32.3 Å². The Bertz CT molecular complexity index is 367. The summed E-state index contributed by atoms with van der Waals surface area (Å²) in [4.78, 5) is 0. The third kappa shape index (κ3) is 6.48. The topological polar surface area (TPSA) is 64.7 Å². The summed E-state index contributed by atoms with van der Waals surface area (Å²) < 4.78 is 10.8. The highest BCUT2D eigenvalue weighted by Gasteiger charge is 2.18. The van der Waals surface area contributed by atoms with Crippen LogP contribution in [0.25, 0.3) is 0 Å². The fourth-order valence-electron chi connectivity index (χ4n) is 1.77. The van der Waals surface area contributed by atoms with Crippen molar-refractivity contribution in [2.75, 3.05) is 20.3 Å². The Morgan fingerprint density at radius 1 is 1.25 bits per heavy atom. The van der Waals surface area contributed by atoms with E-state index in [9.17, 15) is 5.11 Å². The second-order valence-corrected chi connectivity index (χ2v) is 5.71. The molecule has 0 spiro atoms. The first kappa shape index (κ1) is 17.1. The number of aliphatic hydroxyl groups is 1. The summed E-state index contributed by atoms with van der Waals surface area (Å²) in [5.74, 6) is 0. The quantitative estimate of drug-likeness (QED) is 0.677. The number of hydrogen-bond acceptors (Lipinski definition) is 4. The first-order chi connectivity index (χ1) is 9.44. The Balaban J connectivity index is 2.23. The summed E-state index contributed by atoms with van der Waals surface area (Å²) in [6, 6.07) is 9.61. The van der Waals surface area contributed by atoms with E-state index in [-0.39, 0.29) is 18.2 Å². The van der Waals surface area contributed by atoms with Crippen molar-refractivity contribution in [3.63, 3.8) is 0 Å². The highest BCUT2D eigenvalue weighted by Crippen LogP contribution is 2.12. The number of hydrogen-bond donors (Lipinski definition) is 2. The lowest BCUT2D eigenvalue weighted by molar-refractivity contribution is -0.0279. The zero-order chi connectivity index (χ0) is 15.0. The number of nitrogens with two attached hydrogens (primary N) is 1. The van der Waals surface area contributed by atoms with Gasteiger partial charge in [-0.3, -0.25) is 0 Å². The smallest absolute Gasteiger partial charge is 0.0927 e. The van der Waals surface area contributed by atoms with Gasteiger partial charge in [-0.15, -0.1) is 0 Å². The zero-order valence-corrected chi connectivity index (χ0v) is 12.7. The third-order valence-electron chi connectivity index (χ3n) is 3.50. The highest BCUT2D eigenvalue weighted by atomic mass is 16.5. The molecule has 0 aliphatic heterocycles. The van der Waals surface area contributed by atoms with Gasteiger partial charge in [0.05, 0.1) is 18.3 Å². The summed E-state index contributed by atoms with van der Waals surface area (Å²) in [5, 5.41) is 9.98.